The molecule has 0 unspecified atom stereocenters. The minimum absolute atomic E-state index is 0.265. The molecule has 5 heteroatoms. The van der Waals surface area contributed by atoms with Crippen molar-refractivity contribution in [2.24, 2.45) is 0 Å². The van der Waals surface area contributed by atoms with Gasteiger partial charge in [0.25, 0.3) is 5.91 Å². The number of benzene rings is 2. The predicted molar refractivity (Wildman–Crippen MR) is 85.7 cm³/mol. The van der Waals surface area contributed by atoms with E-state index in [1.807, 2.05) is 26.0 Å². The lowest BCUT2D eigenvalue weighted by molar-refractivity contribution is 0.102. The van der Waals surface area contributed by atoms with Gasteiger partial charge in [0.1, 0.15) is 5.82 Å². The molecular weight excluding hydrogens is 389 g/mol. The molecule has 0 radical (unpaired) electrons. The van der Waals surface area contributed by atoms with Gasteiger partial charge in [-0.25, -0.2) is 4.39 Å². The normalized spacial score (nSPS) is 10.4. The monoisotopic (exact) mass is 399 g/mol. The summed E-state index contributed by atoms with van der Waals surface area (Å²) in [7, 11) is 0. The minimum atomic E-state index is -0.391. The van der Waals surface area contributed by atoms with Crippen LogP contribution in [0.3, 0.4) is 0 Å². The summed E-state index contributed by atoms with van der Waals surface area (Å²) in [5.41, 5.74) is 3.11. The average molecular weight is 401 g/mol. The van der Waals surface area contributed by atoms with E-state index >= 15 is 0 Å². The van der Waals surface area contributed by atoms with Crippen molar-refractivity contribution in [1.82, 2.24) is 0 Å². The van der Waals surface area contributed by atoms with Crippen molar-refractivity contribution in [3.63, 3.8) is 0 Å². The van der Waals surface area contributed by atoms with Crippen molar-refractivity contribution < 1.29 is 9.18 Å². The summed E-state index contributed by atoms with van der Waals surface area (Å²) in [6, 6.07) is 8.06. The fourth-order valence-corrected chi connectivity index (χ4v) is 3.00. The van der Waals surface area contributed by atoms with Crippen LogP contribution < -0.4 is 5.32 Å². The number of anilines is 1. The molecule has 0 aliphatic rings. The largest absolute Gasteiger partial charge is 0.322 e. The van der Waals surface area contributed by atoms with Crippen LogP contribution in [0.1, 0.15) is 21.5 Å². The van der Waals surface area contributed by atoms with E-state index in [1.165, 1.54) is 18.2 Å². The van der Waals surface area contributed by atoms with E-state index in [4.69, 9.17) is 0 Å². The van der Waals surface area contributed by atoms with Crippen LogP contribution in [0.4, 0.5) is 10.1 Å². The van der Waals surface area contributed by atoms with Crippen LogP contribution in [0.15, 0.2) is 39.3 Å². The van der Waals surface area contributed by atoms with E-state index in [0.717, 1.165) is 21.3 Å². The SMILES string of the molecule is Cc1cc(Br)cc(C)c1NC(=O)c1ccc(F)c(Br)c1. The van der Waals surface area contributed by atoms with Gasteiger partial charge in [-0.15, -0.1) is 0 Å². The molecule has 2 aromatic rings. The van der Waals surface area contributed by atoms with Crippen LogP contribution in [-0.2, 0) is 0 Å². The molecule has 1 amide bonds. The van der Waals surface area contributed by atoms with Gasteiger partial charge in [-0.05, 0) is 71.2 Å². The Kier molecular flexibility index (Phi) is 4.60. The number of rotatable bonds is 2. The van der Waals surface area contributed by atoms with Crippen LogP contribution in [0.25, 0.3) is 0 Å². The highest BCUT2D eigenvalue weighted by atomic mass is 79.9. The van der Waals surface area contributed by atoms with Crippen LogP contribution in [0.5, 0.6) is 0 Å². The molecule has 20 heavy (non-hydrogen) atoms. The third kappa shape index (κ3) is 3.27. The molecule has 2 aromatic carbocycles. The maximum atomic E-state index is 13.2. The van der Waals surface area contributed by atoms with Crippen LogP contribution >= 0.6 is 31.9 Å². The van der Waals surface area contributed by atoms with Crippen molar-refractivity contribution in [1.29, 1.82) is 0 Å². The minimum Gasteiger partial charge on any atom is -0.322 e. The summed E-state index contributed by atoms with van der Waals surface area (Å²) in [5, 5.41) is 2.87. The Bertz CT molecular complexity index is 663. The molecule has 2 nitrogen and oxygen atoms in total. The van der Waals surface area contributed by atoms with E-state index < -0.39 is 5.82 Å². The molecule has 0 saturated heterocycles. The lowest BCUT2D eigenvalue weighted by atomic mass is 10.1. The van der Waals surface area contributed by atoms with Gasteiger partial charge in [0, 0.05) is 15.7 Å². The first-order chi connectivity index (χ1) is 9.38. The topological polar surface area (TPSA) is 29.1 Å². The first kappa shape index (κ1) is 15.2. The molecule has 104 valence electrons. The first-order valence-corrected chi connectivity index (χ1v) is 7.50. The lowest BCUT2D eigenvalue weighted by Crippen LogP contribution is -2.14. The molecular formula is C15H12Br2FNO. The molecule has 0 heterocycles. The Morgan fingerprint density at radius 2 is 1.70 bits per heavy atom. The van der Waals surface area contributed by atoms with Crippen LogP contribution in [0.2, 0.25) is 0 Å². The van der Waals surface area contributed by atoms with Crippen molar-refractivity contribution in [2.45, 2.75) is 13.8 Å². The van der Waals surface area contributed by atoms with E-state index in [9.17, 15) is 9.18 Å². The number of hydrogen-bond acceptors (Lipinski definition) is 1. The van der Waals surface area contributed by atoms with Gasteiger partial charge in [-0.3, -0.25) is 4.79 Å². The van der Waals surface area contributed by atoms with Crippen molar-refractivity contribution >= 4 is 43.5 Å². The summed E-state index contributed by atoms with van der Waals surface area (Å²) < 4.78 is 14.4. The van der Waals surface area contributed by atoms with E-state index in [2.05, 4.69) is 37.2 Å². The Labute approximate surface area is 133 Å². The van der Waals surface area contributed by atoms with Crippen molar-refractivity contribution in [2.75, 3.05) is 5.32 Å². The van der Waals surface area contributed by atoms with Crippen LogP contribution in [-0.4, -0.2) is 5.91 Å². The standard InChI is InChI=1S/C15H12Br2FNO/c1-8-5-11(16)6-9(2)14(8)19-15(20)10-3-4-13(18)12(17)7-10/h3-7H,1-2H3,(H,19,20). The van der Waals surface area contributed by atoms with Gasteiger partial charge < -0.3 is 5.32 Å². The molecule has 0 fully saturated rings. The van der Waals surface area contributed by atoms with Gasteiger partial charge in [-0.1, -0.05) is 15.9 Å². The Morgan fingerprint density at radius 1 is 1.10 bits per heavy atom. The third-order valence-electron chi connectivity index (χ3n) is 2.92. The quantitative estimate of drug-likeness (QED) is 0.735. The number of carbonyl (C=O) groups is 1. The second kappa shape index (κ2) is 6.06. The zero-order chi connectivity index (χ0) is 14.9. The van der Waals surface area contributed by atoms with E-state index in [1.54, 1.807) is 0 Å². The van der Waals surface area contributed by atoms with Gasteiger partial charge in [0.2, 0.25) is 0 Å². The highest BCUT2D eigenvalue weighted by Gasteiger charge is 2.12. The van der Waals surface area contributed by atoms with Gasteiger partial charge in [0.05, 0.1) is 4.47 Å². The zero-order valence-electron chi connectivity index (χ0n) is 10.9. The molecule has 1 N–H and O–H groups in total. The summed E-state index contributed by atoms with van der Waals surface area (Å²) in [6.45, 7) is 3.85. The summed E-state index contributed by atoms with van der Waals surface area (Å²) in [5.74, 6) is -0.656. The molecule has 0 aromatic heterocycles. The van der Waals surface area contributed by atoms with E-state index in [0.29, 0.717) is 5.56 Å². The summed E-state index contributed by atoms with van der Waals surface area (Å²) in [6.07, 6.45) is 0. The zero-order valence-corrected chi connectivity index (χ0v) is 14.1. The smallest absolute Gasteiger partial charge is 0.255 e. The summed E-state index contributed by atoms with van der Waals surface area (Å²) in [4.78, 5) is 12.2. The highest BCUT2D eigenvalue weighted by molar-refractivity contribution is 9.10. The van der Waals surface area contributed by atoms with Crippen molar-refractivity contribution in [3.05, 3.63) is 61.8 Å². The molecule has 0 spiro atoms. The molecule has 0 atom stereocenters. The third-order valence-corrected chi connectivity index (χ3v) is 3.98. The fraction of sp³-hybridized carbons (Fsp3) is 0.133. The number of carbonyl (C=O) groups excluding carboxylic acids is 1. The van der Waals surface area contributed by atoms with Crippen LogP contribution in [0, 0.1) is 19.7 Å². The first-order valence-electron chi connectivity index (χ1n) is 5.91. The number of nitrogens with one attached hydrogen (secondary N) is 1. The second-order valence-corrected chi connectivity index (χ2v) is 6.27. The number of halogens is 3. The summed E-state index contributed by atoms with van der Waals surface area (Å²) >= 11 is 6.49. The second-order valence-electron chi connectivity index (χ2n) is 4.50. The highest BCUT2D eigenvalue weighted by Crippen LogP contribution is 2.26. The molecule has 0 aliphatic carbocycles. The predicted octanol–water partition coefficient (Wildman–Crippen LogP) is 5.22. The van der Waals surface area contributed by atoms with Gasteiger partial charge in [-0.2, -0.15) is 0 Å². The number of aryl methyl sites for hydroxylation is 2. The molecule has 0 saturated carbocycles. The lowest BCUT2D eigenvalue weighted by Gasteiger charge is -2.12. The van der Waals surface area contributed by atoms with E-state index in [-0.39, 0.29) is 10.4 Å². The molecule has 0 aliphatic heterocycles. The van der Waals surface area contributed by atoms with Crippen molar-refractivity contribution in [3.8, 4) is 0 Å². The maximum Gasteiger partial charge on any atom is 0.255 e. The molecule has 0 bridgehead atoms. The fourth-order valence-electron chi connectivity index (χ4n) is 1.93. The Hall–Kier alpha value is -1.20. The van der Waals surface area contributed by atoms with Gasteiger partial charge in [0.15, 0.2) is 0 Å². The molecule has 2 rings (SSSR count). The Morgan fingerprint density at radius 3 is 2.25 bits per heavy atom. The van der Waals surface area contributed by atoms with Gasteiger partial charge >= 0.3 is 0 Å². The maximum absolute atomic E-state index is 13.2. The number of amides is 1. The number of hydrogen-bond donors (Lipinski definition) is 1. The Balaban J connectivity index is 2.30. The average Bonchev–Trinajstić information content (AvgIpc) is 2.36.